The Labute approximate surface area is 118 Å². The van der Waals surface area contributed by atoms with Crippen molar-refractivity contribution in [2.75, 3.05) is 33.2 Å². The predicted octanol–water partition coefficient (Wildman–Crippen LogP) is 0.839. The molecule has 0 atom stereocenters. The third-order valence-corrected chi connectivity index (χ3v) is 5.58. The molecular formula is C12H17N3O4S. The standard InChI is InChI=1S/C12H17N3O4S/c1-10-11(15(16)17)4-3-5-12(10)20(18,19)14-8-6-13(2)7-9-14/h3-5H,6-9H2,1-2H3. The maximum absolute atomic E-state index is 12.6. The van der Waals surface area contributed by atoms with Crippen LogP contribution >= 0.6 is 0 Å². The van der Waals surface area contributed by atoms with Gasteiger partial charge in [0.2, 0.25) is 10.0 Å². The van der Waals surface area contributed by atoms with Crippen molar-refractivity contribution in [3.05, 3.63) is 33.9 Å². The lowest BCUT2D eigenvalue weighted by molar-refractivity contribution is -0.385. The monoisotopic (exact) mass is 299 g/mol. The summed E-state index contributed by atoms with van der Waals surface area (Å²) in [4.78, 5) is 12.4. The van der Waals surface area contributed by atoms with Crippen LogP contribution in [0.25, 0.3) is 0 Å². The molecule has 0 spiro atoms. The Balaban J connectivity index is 2.40. The number of sulfonamides is 1. The molecule has 20 heavy (non-hydrogen) atoms. The van der Waals surface area contributed by atoms with Gasteiger partial charge in [-0.25, -0.2) is 8.42 Å². The topological polar surface area (TPSA) is 83.8 Å². The molecule has 0 unspecified atom stereocenters. The van der Waals surface area contributed by atoms with Gasteiger partial charge in [0.05, 0.1) is 9.82 Å². The van der Waals surface area contributed by atoms with E-state index < -0.39 is 14.9 Å². The number of piperazine rings is 1. The molecule has 0 radical (unpaired) electrons. The third kappa shape index (κ3) is 2.67. The summed E-state index contributed by atoms with van der Waals surface area (Å²) in [6.07, 6.45) is 0. The smallest absolute Gasteiger partial charge is 0.273 e. The molecule has 110 valence electrons. The number of nitro groups is 1. The van der Waals surface area contributed by atoms with Crippen LogP contribution in [-0.4, -0.2) is 55.8 Å². The van der Waals surface area contributed by atoms with Gasteiger partial charge in [-0.3, -0.25) is 10.1 Å². The summed E-state index contributed by atoms with van der Waals surface area (Å²) < 4.78 is 26.5. The van der Waals surface area contributed by atoms with Crippen molar-refractivity contribution in [3.63, 3.8) is 0 Å². The van der Waals surface area contributed by atoms with E-state index in [9.17, 15) is 18.5 Å². The van der Waals surface area contributed by atoms with Crippen LogP contribution in [0.3, 0.4) is 0 Å². The molecule has 0 aromatic heterocycles. The fourth-order valence-electron chi connectivity index (χ4n) is 2.25. The van der Waals surface area contributed by atoms with E-state index in [0.29, 0.717) is 26.2 Å². The fraction of sp³-hybridized carbons (Fsp3) is 0.500. The van der Waals surface area contributed by atoms with E-state index in [-0.39, 0.29) is 16.1 Å². The molecule has 1 saturated heterocycles. The van der Waals surface area contributed by atoms with Crippen molar-refractivity contribution in [1.82, 2.24) is 9.21 Å². The summed E-state index contributed by atoms with van der Waals surface area (Å²) in [5.74, 6) is 0. The van der Waals surface area contributed by atoms with E-state index in [1.165, 1.54) is 29.4 Å². The van der Waals surface area contributed by atoms with Crippen LogP contribution in [0, 0.1) is 17.0 Å². The first-order chi connectivity index (χ1) is 9.34. The maximum atomic E-state index is 12.6. The lowest BCUT2D eigenvalue weighted by atomic mass is 10.2. The molecule has 8 heteroatoms. The maximum Gasteiger partial charge on any atom is 0.273 e. The first-order valence-corrected chi connectivity index (χ1v) is 7.70. The summed E-state index contributed by atoms with van der Waals surface area (Å²) >= 11 is 0. The van der Waals surface area contributed by atoms with Crippen LogP contribution in [0.15, 0.2) is 23.1 Å². The molecule has 1 aromatic carbocycles. The van der Waals surface area contributed by atoms with Gasteiger partial charge in [-0.1, -0.05) is 6.07 Å². The van der Waals surface area contributed by atoms with Crippen molar-refractivity contribution in [3.8, 4) is 0 Å². The van der Waals surface area contributed by atoms with Crippen LogP contribution in [0.5, 0.6) is 0 Å². The molecule has 2 rings (SSSR count). The fourth-order valence-corrected chi connectivity index (χ4v) is 3.91. The van der Waals surface area contributed by atoms with Crippen molar-refractivity contribution in [2.45, 2.75) is 11.8 Å². The highest BCUT2D eigenvalue weighted by atomic mass is 32.2. The molecular weight excluding hydrogens is 282 g/mol. The van der Waals surface area contributed by atoms with E-state index in [1.54, 1.807) is 0 Å². The average Bonchev–Trinajstić information content (AvgIpc) is 2.38. The number of rotatable bonds is 3. The number of hydrogen-bond donors (Lipinski definition) is 0. The quantitative estimate of drug-likeness (QED) is 0.610. The summed E-state index contributed by atoms with van der Waals surface area (Å²) in [6.45, 7) is 3.60. The summed E-state index contributed by atoms with van der Waals surface area (Å²) in [6, 6.07) is 4.16. The Bertz CT molecular complexity index is 622. The Kier molecular flexibility index (Phi) is 4.07. The van der Waals surface area contributed by atoms with Crippen molar-refractivity contribution < 1.29 is 13.3 Å². The predicted molar refractivity (Wildman–Crippen MR) is 74.1 cm³/mol. The summed E-state index contributed by atoms with van der Waals surface area (Å²) in [5.41, 5.74) is 0.0247. The van der Waals surface area contributed by atoms with Crippen LogP contribution in [0.1, 0.15) is 5.56 Å². The van der Waals surface area contributed by atoms with Crippen LogP contribution in [-0.2, 0) is 10.0 Å². The largest absolute Gasteiger partial charge is 0.304 e. The first kappa shape index (κ1) is 14.9. The van der Waals surface area contributed by atoms with Gasteiger partial charge in [0.25, 0.3) is 5.69 Å². The first-order valence-electron chi connectivity index (χ1n) is 6.26. The second kappa shape index (κ2) is 5.47. The second-order valence-corrected chi connectivity index (χ2v) is 6.77. The van der Waals surface area contributed by atoms with E-state index in [0.717, 1.165) is 0 Å². The Morgan fingerprint density at radius 1 is 1.20 bits per heavy atom. The molecule has 1 heterocycles. The molecule has 0 saturated carbocycles. The molecule has 1 fully saturated rings. The number of likely N-dealkylation sites (N-methyl/N-ethyl adjacent to an activating group) is 1. The minimum absolute atomic E-state index is 0.0243. The van der Waals surface area contributed by atoms with E-state index in [4.69, 9.17) is 0 Å². The average molecular weight is 299 g/mol. The van der Waals surface area contributed by atoms with Gasteiger partial charge in [0.1, 0.15) is 0 Å². The summed E-state index contributed by atoms with van der Waals surface area (Å²) in [7, 11) is -1.74. The van der Waals surface area contributed by atoms with E-state index in [1.807, 2.05) is 11.9 Å². The van der Waals surface area contributed by atoms with Gasteiger partial charge >= 0.3 is 0 Å². The molecule has 7 nitrogen and oxygen atoms in total. The normalized spacial score (nSPS) is 18.1. The Morgan fingerprint density at radius 2 is 1.80 bits per heavy atom. The zero-order valence-electron chi connectivity index (χ0n) is 11.4. The molecule has 0 aliphatic carbocycles. The zero-order valence-corrected chi connectivity index (χ0v) is 12.3. The van der Waals surface area contributed by atoms with Gasteiger partial charge in [0, 0.05) is 37.8 Å². The van der Waals surface area contributed by atoms with Gasteiger partial charge in [0.15, 0.2) is 0 Å². The van der Waals surface area contributed by atoms with Crippen LogP contribution < -0.4 is 0 Å². The van der Waals surface area contributed by atoms with Crippen molar-refractivity contribution in [1.29, 1.82) is 0 Å². The zero-order chi connectivity index (χ0) is 14.9. The Morgan fingerprint density at radius 3 is 2.35 bits per heavy atom. The van der Waals surface area contributed by atoms with Gasteiger partial charge in [-0.05, 0) is 20.0 Å². The lowest BCUT2D eigenvalue weighted by Gasteiger charge is -2.31. The molecule has 0 amide bonds. The number of nitrogens with zero attached hydrogens (tertiary/aromatic N) is 3. The van der Waals surface area contributed by atoms with Gasteiger partial charge < -0.3 is 4.90 Å². The van der Waals surface area contributed by atoms with Gasteiger partial charge in [-0.15, -0.1) is 0 Å². The van der Waals surface area contributed by atoms with Gasteiger partial charge in [-0.2, -0.15) is 4.31 Å². The molecule has 0 N–H and O–H groups in total. The minimum Gasteiger partial charge on any atom is -0.304 e. The highest BCUT2D eigenvalue weighted by Gasteiger charge is 2.30. The van der Waals surface area contributed by atoms with E-state index in [2.05, 4.69) is 0 Å². The number of benzene rings is 1. The molecule has 1 aliphatic heterocycles. The van der Waals surface area contributed by atoms with E-state index >= 15 is 0 Å². The molecule has 1 aliphatic rings. The highest BCUT2D eigenvalue weighted by Crippen LogP contribution is 2.27. The minimum atomic E-state index is -3.67. The van der Waals surface area contributed by atoms with Crippen molar-refractivity contribution >= 4 is 15.7 Å². The van der Waals surface area contributed by atoms with Crippen LogP contribution in [0.4, 0.5) is 5.69 Å². The number of nitro benzene ring substituents is 1. The third-order valence-electron chi connectivity index (χ3n) is 3.53. The highest BCUT2D eigenvalue weighted by molar-refractivity contribution is 7.89. The van der Waals surface area contributed by atoms with Crippen LogP contribution in [0.2, 0.25) is 0 Å². The summed E-state index contributed by atoms with van der Waals surface area (Å²) in [5, 5.41) is 10.9. The van der Waals surface area contributed by atoms with Crippen molar-refractivity contribution in [2.24, 2.45) is 0 Å². The Hall–Kier alpha value is -1.51. The molecule has 0 bridgehead atoms. The second-order valence-electron chi connectivity index (χ2n) is 4.86. The SMILES string of the molecule is Cc1c([N+](=O)[O-])cccc1S(=O)(=O)N1CCN(C)CC1. The molecule has 1 aromatic rings. The lowest BCUT2D eigenvalue weighted by Crippen LogP contribution is -2.47. The number of hydrogen-bond acceptors (Lipinski definition) is 5.